The third-order valence-electron chi connectivity index (χ3n) is 8.60. The normalized spacial score (nSPS) is 10.7. The fourth-order valence-corrected chi connectivity index (χ4v) is 11.5. The molecule has 0 fully saturated rings. The number of fused-ring (bicyclic) bond motifs is 2. The molecule has 0 unspecified atom stereocenters. The van der Waals surface area contributed by atoms with Crippen molar-refractivity contribution in [3.8, 4) is 11.1 Å². The largest absolute Gasteiger partial charge is 0.400 e. The van der Waals surface area contributed by atoms with Gasteiger partial charge in [0.25, 0.3) is 0 Å². The van der Waals surface area contributed by atoms with E-state index in [-0.39, 0.29) is 19.5 Å². The average Bonchev–Trinajstić information content (AvgIpc) is 3.23. The van der Waals surface area contributed by atoms with Gasteiger partial charge in [-0.3, -0.25) is 0 Å². The number of halogens is 1. The van der Waals surface area contributed by atoms with Gasteiger partial charge in [0.1, 0.15) is 0 Å². The predicted molar refractivity (Wildman–Crippen MR) is 221 cm³/mol. The van der Waals surface area contributed by atoms with E-state index in [9.17, 15) is 0 Å². The van der Waals surface area contributed by atoms with E-state index in [1.807, 2.05) is 0 Å². The molecule has 8 aromatic rings. The van der Waals surface area contributed by atoms with Crippen molar-refractivity contribution in [1.82, 2.24) is 0 Å². The Morgan fingerprint density at radius 3 is 0.839 bits per heavy atom. The van der Waals surface area contributed by atoms with Gasteiger partial charge in [-0.05, 0) is 80.3 Å². The average molecular weight is 889 g/mol. The molecule has 0 saturated heterocycles. The van der Waals surface area contributed by atoms with Crippen molar-refractivity contribution in [2.24, 2.45) is 0 Å². The maximum Gasteiger partial charge on any atom is 0.0319 e. The molecule has 0 atom stereocenters. The van der Waals surface area contributed by atoms with Gasteiger partial charge in [-0.15, -0.1) is 10.2 Å². The van der Waals surface area contributed by atoms with Crippen molar-refractivity contribution in [3.05, 3.63) is 194 Å². The minimum Gasteiger partial charge on any atom is -0.400 e. The topological polar surface area (TPSA) is 133 Å². The molecule has 8 rings (SSSR count). The van der Waals surface area contributed by atoms with Crippen molar-refractivity contribution in [2.75, 3.05) is 14.2 Å². The van der Waals surface area contributed by atoms with E-state index in [4.69, 9.17) is 28.8 Å². The van der Waals surface area contributed by atoms with Gasteiger partial charge in [-0.25, -0.2) is 18.6 Å². The second kappa shape index (κ2) is 21.9. The molecule has 0 aliphatic rings. The summed E-state index contributed by atoms with van der Waals surface area (Å²) in [4.78, 5) is 0. The third-order valence-corrected chi connectivity index (χ3v) is 13.6. The Kier molecular flexibility index (Phi) is 17.4. The molecule has 0 saturated carbocycles. The predicted octanol–water partition coefficient (Wildman–Crippen LogP) is 3.63. The fraction of sp³-hybridized carbons (Fsp3) is 0.0435. The van der Waals surface area contributed by atoms with Gasteiger partial charge in [0.05, 0.1) is 0 Å². The minimum absolute atomic E-state index is 0. The van der Waals surface area contributed by atoms with Crippen LogP contribution in [0.5, 0.6) is 0 Å². The first-order valence-electron chi connectivity index (χ1n) is 17.2. The van der Waals surface area contributed by atoms with Crippen LogP contribution in [-0.4, -0.2) is 24.4 Å². The summed E-state index contributed by atoms with van der Waals surface area (Å²) in [7, 11) is -4.65. The van der Waals surface area contributed by atoms with Gasteiger partial charge in [0, 0.05) is 33.7 Å². The molecule has 2 N–H and O–H groups in total. The number of hydrogen-bond acceptors (Lipinski definition) is 6. The summed E-state index contributed by atoms with van der Waals surface area (Å²) in [6.45, 7) is 0. The van der Waals surface area contributed by atoms with E-state index >= 15 is 0 Å². The molecular formula is C46H40ClO6P2Rh-. The van der Waals surface area contributed by atoms with Crippen LogP contribution in [0.15, 0.2) is 194 Å². The molecule has 0 aliphatic carbocycles. The SMILES string of the molecule is CO.CO.[O-][Cl+3]([O-])([O-])[O-].[Rh].c1ccc(P(c2ccccc2)c2ccc3ccccc3c2-c2c(P(c3ccccc3)c3ccccc3)ccc3ccccc23)cc1. The van der Waals surface area contributed by atoms with Crippen LogP contribution < -0.4 is 50.5 Å². The first kappa shape index (κ1) is 44.5. The number of benzene rings is 8. The van der Waals surface area contributed by atoms with Crippen molar-refractivity contribution < 1.29 is 58.6 Å². The fourth-order valence-electron chi connectivity index (χ4n) is 6.58. The van der Waals surface area contributed by atoms with Crippen LogP contribution in [0, 0.1) is 10.2 Å². The zero-order chi connectivity index (χ0) is 39.2. The number of rotatable bonds is 7. The molecule has 0 aromatic heterocycles. The van der Waals surface area contributed by atoms with E-state index in [0.717, 1.165) is 14.2 Å². The van der Waals surface area contributed by atoms with E-state index in [1.54, 1.807) is 0 Å². The third kappa shape index (κ3) is 11.0. The number of aliphatic hydroxyl groups is 2. The maximum absolute atomic E-state index is 8.49. The molecule has 56 heavy (non-hydrogen) atoms. The molecule has 0 bridgehead atoms. The molecule has 10 heteroatoms. The van der Waals surface area contributed by atoms with E-state index in [2.05, 4.69) is 194 Å². The number of aliphatic hydroxyl groups excluding tert-OH is 2. The van der Waals surface area contributed by atoms with Crippen LogP contribution in [0.4, 0.5) is 0 Å². The van der Waals surface area contributed by atoms with Gasteiger partial charge in [0.2, 0.25) is 0 Å². The second-order valence-corrected chi connectivity index (χ2v) is 16.9. The van der Waals surface area contributed by atoms with Crippen molar-refractivity contribution in [2.45, 2.75) is 0 Å². The summed E-state index contributed by atoms with van der Waals surface area (Å²) in [6.07, 6.45) is 0. The Morgan fingerprint density at radius 1 is 0.339 bits per heavy atom. The second-order valence-electron chi connectivity index (χ2n) is 11.8. The molecular weight excluding hydrogens is 849 g/mol. The van der Waals surface area contributed by atoms with Gasteiger partial charge in [0.15, 0.2) is 0 Å². The Balaban J connectivity index is 0.000000639. The van der Waals surface area contributed by atoms with E-state index in [1.165, 1.54) is 64.5 Å². The van der Waals surface area contributed by atoms with Gasteiger partial charge in [-0.1, -0.05) is 194 Å². The van der Waals surface area contributed by atoms with Crippen molar-refractivity contribution in [1.29, 1.82) is 0 Å². The zero-order valence-corrected chi connectivity index (χ0v) is 34.8. The minimum atomic E-state index is -4.94. The Hall–Kier alpha value is -4.19. The van der Waals surface area contributed by atoms with Crippen LogP contribution in [0.3, 0.4) is 0 Å². The Morgan fingerprint density at radius 2 is 0.571 bits per heavy atom. The standard InChI is InChI=1S/C44H32P2.2CH4O.ClHO4.Rh/c1-5-19-35(20-6-1)45(36-21-7-2-8-22-36)41-31-29-33-17-13-15-27-39(33)43(41)44-40-28-16-14-18-34(40)30-32-42(44)46(37-23-9-3-10-24-37)38-25-11-4-12-26-38;2*1-2;2-1(3,4)5;/h1-32H;2*2H,1H3;(H,2,3,4,5);/p-1. The molecule has 0 aliphatic heterocycles. The molecule has 1 radical (unpaired) electrons. The number of hydrogen-bond donors (Lipinski definition) is 2. The van der Waals surface area contributed by atoms with Crippen LogP contribution >= 0.6 is 15.8 Å². The monoisotopic (exact) mass is 888 g/mol. The molecule has 0 heterocycles. The molecule has 0 spiro atoms. The van der Waals surface area contributed by atoms with Crippen LogP contribution in [0.1, 0.15) is 0 Å². The first-order valence-corrected chi connectivity index (χ1v) is 21.1. The first-order chi connectivity index (χ1) is 26.9. The Bertz CT molecular complexity index is 2130. The van der Waals surface area contributed by atoms with Crippen LogP contribution in [0.2, 0.25) is 0 Å². The molecule has 0 amide bonds. The summed E-state index contributed by atoms with van der Waals surface area (Å²) >= 11 is 0. The summed E-state index contributed by atoms with van der Waals surface area (Å²) in [5.41, 5.74) is 2.70. The van der Waals surface area contributed by atoms with Gasteiger partial charge >= 0.3 is 0 Å². The van der Waals surface area contributed by atoms with Crippen molar-refractivity contribution >= 4 is 69.2 Å². The summed E-state index contributed by atoms with van der Waals surface area (Å²) in [6, 6.07) is 71.8. The maximum atomic E-state index is 8.49. The van der Waals surface area contributed by atoms with E-state index in [0.29, 0.717) is 0 Å². The molecule has 8 aromatic carbocycles. The van der Waals surface area contributed by atoms with Crippen molar-refractivity contribution in [3.63, 3.8) is 0 Å². The summed E-state index contributed by atoms with van der Waals surface area (Å²) < 4.78 is 34.0. The van der Waals surface area contributed by atoms with Crippen LogP contribution in [-0.2, 0) is 19.5 Å². The van der Waals surface area contributed by atoms with E-state index < -0.39 is 26.1 Å². The summed E-state index contributed by atoms with van der Waals surface area (Å²) in [5.74, 6) is 0. The van der Waals surface area contributed by atoms with Gasteiger partial charge < -0.3 is 10.2 Å². The van der Waals surface area contributed by atoms with Gasteiger partial charge in [-0.2, -0.15) is 0 Å². The Labute approximate surface area is 345 Å². The van der Waals surface area contributed by atoms with Crippen LogP contribution in [0.25, 0.3) is 32.7 Å². The molecule has 287 valence electrons. The smallest absolute Gasteiger partial charge is 0.0319 e. The quantitative estimate of drug-likeness (QED) is 0.186. The zero-order valence-electron chi connectivity index (χ0n) is 30.6. The summed E-state index contributed by atoms with van der Waals surface area (Å²) in [5, 5.41) is 27.3. The molecule has 6 nitrogen and oxygen atoms in total.